The largest absolute Gasteiger partial charge is 0.342 e. The van der Waals surface area contributed by atoms with E-state index in [2.05, 4.69) is 34.6 Å². The number of benzene rings is 1. The summed E-state index contributed by atoms with van der Waals surface area (Å²) in [5.74, 6) is 0.970. The molecule has 24 heavy (non-hydrogen) atoms. The van der Waals surface area contributed by atoms with Crippen LogP contribution in [0.3, 0.4) is 0 Å². The molecule has 5 heteroatoms. The molecule has 0 unspecified atom stereocenters. The van der Waals surface area contributed by atoms with E-state index in [1.165, 1.54) is 5.56 Å². The van der Waals surface area contributed by atoms with Crippen molar-refractivity contribution in [1.82, 2.24) is 9.88 Å². The van der Waals surface area contributed by atoms with E-state index in [1.54, 1.807) is 11.3 Å². The molecule has 4 nitrogen and oxygen atoms in total. The maximum absolute atomic E-state index is 12.5. The summed E-state index contributed by atoms with van der Waals surface area (Å²) >= 11 is 1.67. The van der Waals surface area contributed by atoms with Crippen molar-refractivity contribution in [2.75, 3.05) is 19.6 Å². The SMILES string of the molecule is Cc1nc(CCCC(=O)N2C[C@@H](CN)[C@H](c3ccccc3)C2)cs1. The van der Waals surface area contributed by atoms with Crippen LogP contribution < -0.4 is 5.73 Å². The van der Waals surface area contributed by atoms with Crippen molar-refractivity contribution >= 4 is 17.2 Å². The number of thiazole rings is 1. The van der Waals surface area contributed by atoms with Gasteiger partial charge in [0, 0.05) is 30.8 Å². The van der Waals surface area contributed by atoms with Crippen molar-refractivity contribution in [3.8, 4) is 0 Å². The molecule has 2 N–H and O–H groups in total. The Morgan fingerprint density at radius 2 is 2.12 bits per heavy atom. The van der Waals surface area contributed by atoms with Crippen molar-refractivity contribution < 1.29 is 4.79 Å². The van der Waals surface area contributed by atoms with Crippen LogP contribution in [0.1, 0.15) is 35.0 Å². The number of amides is 1. The van der Waals surface area contributed by atoms with Crippen LogP contribution in [0.4, 0.5) is 0 Å². The zero-order chi connectivity index (χ0) is 16.9. The zero-order valence-corrected chi connectivity index (χ0v) is 15.0. The van der Waals surface area contributed by atoms with Crippen LogP contribution in [0.15, 0.2) is 35.7 Å². The summed E-state index contributed by atoms with van der Waals surface area (Å²) in [5.41, 5.74) is 8.36. The number of nitrogens with two attached hydrogens (primary N) is 1. The van der Waals surface area contributed by atoms with Crippen molar-refractivity contribution in [2.45, 2.75) is 32.1 Å². The van der Waals surface area contributed by atoms with Crippen LogP contribution in [-0.2, 0) is 11.2 Å². The predicted octanol–water partition coefficient (Wildman–Crippen LogP) is 2.98. The Morgan fingerprint density at radius 3 is 2.79 bits per heavy atom. The third-order valence-electron chi connectivity index (χ3n) is 4.81. The Morgan fingerprint density at radius 1 is 1.33 bits per heavy atom. The van der Waals surface area contributed by atoms with Crippen LogP contribution in [-0.4, -0.2) is 35.4 Å². The first kappa shape index (κ1) is 17.1. The molecular weight excluding hydrogens is 318 g/mol. The molecular formula is C19H25N3OS. The number of hydrogen-bond donors (Lipinski definition) is 1. The molecule has 2 heterocycles. The molecule has 1 aliphatic heterocycles. The minimum atomic E-state index is 0.249. The highest BCUT2D eigenvalue weighted by Gasteiger charge is 2.34. The molecule has 1 aromatic carbocycles. The number of nitrogens with zero attached hydrogens (tertiary/aromatic N) is 2. The third-order valence-corrected chi connectivity index (χ3v) is 5.64. The summed E-state index contributed by atoms with van der Waals surface area (Å²) in [6.45, 7) is 4.22. The normalized spacial score (nSPS) is 20.5. The van der Waals surface area contributed by atoms with Crippen molar-refractivity contribution in [2.24, 2.45) is 11.7 Å². The second kappa shape index (κ2) is 7.90. The van der Waals surface area contributed by atoms with E-state index in [4.69, 9.17) is 5.73 Å². The standard InChI is InChI=1S/C19H25N3OS/c1-14-21-17(13-24-14)8-5-9-19(23)22-11-16(10-20)18(12-22)15-6-3-2-4-7-15/h2-4,6-7,13,16,18H,5,8-12,20H2,1H3/t16-,18+/m1/s1. The Balaban J connectivity index is 1.54. The van der Waals surface area contributed by atoms with Crippen LogP contribution in [0.25, 0.3) is 0 Å². The number of carbonyl (C=O) groups is 1. The van der Waals surface area contributed by atoms with E-state index in [1.807, 2.05) is 17.9 Å². The Kier molecular flexibility index (Phi) is 5.63. The Hall–Kier alpha value is -1.72. The Labute approximate surface area is 147 Å². The van der Waals surface area contributed by atoms with Crippen molar-refractivity contribution in [3.63, 3.8) is 0 Å². The van der Waals surface area contributed by atoms with Crippen LogP contribution in [0.5, 0.6) is 0 Å². The highest BCUT2D eigenvalue weighted by Crippen LogP contribution is 2.32. The van der Waals surface area contributed by atoms with Gasteiger partial charge in [-0.15, -0.1) is 11.3 Å². The molecule has 1 amide bonds. The van der Waals surface area contributed by atoms with Gasteiger partial charge in [0.05, 0.1) is 10.7 Å². The van der Waals surface area contributed by atoms with Gasteiger partial charge in [0.15, 0.2) is 0 Å². The van der Waals surface area contributed by atoms with Gasteiger partial charge in [0.1, 0.15) is 0 Å². The minimum absolute atomic E-state index is 0.249. The zero-order valence-electron chi connectivity index (χ0n) is 14.1. The smallest absolute Gasteiger partial charge is 0.222 e. The molecule has 1 aliphatic rings. The van der Waals surface area contributed by atoms with Gasteiger partial charge in [-0.25, -0.2) is 4.98 Å². The van der Waals surface area contributed by atoms with Crippen molar-refractivity contribution in [1.29, 1.82) is 0 Å². The lowest BCUT2D eigenvalue weighted by atomic mass is 9.89. The summed E-state index contributed by atoms with van der Waals surface area (Å²) in [5, 5.41) is 3.18. The molecule has 1 fully saturated rings. The molecule has 0 saturated carbocycles. The van der Waals surface area contributed by atoms with E-state index in [9.17, 15) is 4.79 Å². The number of carbonyl (C=O) groups excluding carboxylic acids is 1. The first-order valence-corrected chi connectivity index (χ1v) is 9.49. The highest BCUT2D eigenvalue weighted by atomic mass is 32.1. The van der Waals surface area contributed by atoms with E-state index >= 15 is 0 Å². The highest BCUT2D eigenvalue weighted by molar-refractivity contribution is 7.09. The van der Waals surface area contributed by atoms with E-state index < -0.39 is 0 Å². The van der Waals surface area contributed by atoms with Gasteiger partial charge in [0.25, 0.3) is 0 Å². The minimum Gasteiger partial charge on any atom is -0.342 e. The maximum atomic E-state index is 12.5. The first-order chi connectivity index (χ1) is 11.7. The van der Waals surface area contributed by atoms with Gasteiger partial charge in [-0.3, -0.25) is 4.79 Å². The van der Waals surface area contributed by atoms with Crippen LogP contribution in [0, 0.1) is 12.8 Å². The molecule has 2 aromatic rings. The summed E-state index contributed by atoms with van der Waals surface area (Å²) in [6, 6.07) is 10.4. The van der Waals surface area contributed by atoms with Crippen LogP contribution in [0.2, 0.25) is 0 Å². The monoisotopic (exact) mass is 343 g/mol. The lowest BCUT2D eigenvalue weighted by Crippen LogP contribution is -2.29. The second-order valence-corrected chi connectivity index (χ2v) is 7.59. The number of likely N-dealkylation sites (tertiary alicyclic amines) is 1. The molecule has 128 valence electrons. The van der Waals surface area contributed by atoms with Gasteiger partial charge in [-0.05, 0) is 37.8 Å². The Bertz CT molecular complexity index is 670. The van der Waals surface area contributed by atoms with Gasteiger partial charge < -0.3 is 10.6 Å². The summed E-state index contributed by atoms with van der Waals surface area (Å²) in [4.78, 5) is 19.0. The number of aryl methyl sites for hydroxylation is 2. The summed E-state index contributed by atoms with van der Waals surface area (Å²) in [6.07, 6.45) is 2.34. The lowest BCUT2D eigenvalue weighted by molar-refractivity contribution is -0.130. The van der Waals surface area contributed by atoms with Crippen LogP contribution >= 0.6 is 11.3 Å². The molecule has 0 spiro atoms. The number of rotatable bonds is 6. The van der Waals surface area contributed by atoms with E-state index in [-0.39, 0.29) is 5.91 Å². The van der Waals surface area contributed by atoms with E-state index in [0.717, 1.165) is 36.6 Å². The summed E-state index contributed by atoms with van der Waals surface area (Å²) in [7, 11) is 0. The average Bonchev–Trinajstić information content (AvgIpc) is 3.22. The number of aromatic nitrogens is 1. The van der Waals surface area contributed by atoms with Gasteiger partial charge in [-0.1, -0.05) is 30.3 Å². The fourth-order valence-electron chi connectivity index (χ4n) is 3.49. The molecule has 3 rings (SSSR count). The molecule has 1 saturated heterocycles. The maximum Gasteiger partial charge on any atom is 0.222 e. The molecule has 0 bridgehead atoms. The fraction of sp³-hybridized carbons (Fsp3) is 0.474. The molecule has 1 aromatic heterocycles. The topological polar surface area (TPSA) is 59.2 Å². The van der Waals surface area contributed by atoms with Gasteiger partial charge in [-0.2, -0.15) is 0 Å². The number of hydrogen-bond acceptors (Lipinski definition) is 4. The molecule has 0 radical (unpaired) electrons. The van der Waals surface area contributed by atoms with Crippen molar-refractivity contribution in [3.05, 3.63) is 52.0 Å². The summed E-state index contributed by atoms with van der Waals surface area (Å²) < 4.78 is 0. The van der Waals surface area contributed by atoms with E-state index in [0.29, 0.717) is 24.8 Å². The van der Waals surface area contributed by atoms with Gasteiger partial charge in [0.2, 0.25) is 5.91 Å². The molecule has 0 aliphatic carbocycles. The fourth-order valence-corrected chi connectivity index (χ4v) is 4.14. The van der Waals surface area contributed by atoms with Gasteiger partial charge >= 0.3 is 0 Å². The predicted molar refractivity (Wildman–Crippen MR) is 98.1 cm³/mol. The average molecular weight is 343 g/mol. The second-order valence-electron chi connectivity index (χ2n) is 6.52. The third kappa shape index (κ3) is 4.02. The molecule has 2 atom stereocenters. The lowest BCUT2D eigenvalue weighted by Gasteiger charge is -2.16. The quantitative estimate of drug-likeness (QED) is 0.877. The first-order valence-electron chi connectivity index (χ1n) is 8.61.